The van der Waals surface area contributed by atoms with Crippen LogP contribution in [0.3, 0.4) is 0 Å². The van der Waals surface area contributed by atoms with Gasteiger partial charge in [-0.2, -0.15) is 0 Å². The topological polar surface area (TPSA) is 37.3 Å². The van der Waals surface area contributed by atoms with Crippen molar-refractivity contribution in [3.05, 3.63) is 12.7 Å². The number of rotatable bonds is 10. The van der Waals surface area contributed by atoms with Gasteiger partial charge in [0, 0.05) is 0 Å². The molecule has 0 aliphatic carbocycles. The second kappa shape index (κ2) is 9.75. The Bertz CT molecular complexity index is 175. The summed E-state index contributed by atoms with van der Waals surface area (Å²) in [4.78, 5) is 10.7. The van der Waals surface area contributed by atoms with E-state index in [2.05, 4.69) is 13.5 Å². The zero-order chi connectivity index (χ0) is 11.5. The summed E-state index contributed by atoms with van der Waals surface area (Å²) in [5, 5.41) is 8.77. The van der Waals surface area contributed by atoms with Crippen LogP contribution in [0.1, 0.15) is 58.3 Å². The molecule has 15 heavy (non-hydrogen) atoms. The summed E-state index contributed by atoms with van der Waals surface area (Å²) in [6.07, 6.45) is 10.9. The zero-order valence-corrected chi connectivity index (χ0v) is 9.87. The second-order valence-electron chi connectivity index (χ2n) is 4.09. The molecule has 1 unspecified atom stereocenters. The maximum Gasteiger partial charge on any atom is 0.310 e. The third-order valence-corrected chi connectivity index (χ3v) is 2.72. The molecule has 0 rings (SSSR count). The highest BCUT2D eigenvalue weighted by Gasteiger charge is 2.11. The molecule has 0 heterocycles. The van der Waals surface area contributed by atoms with E-state index in [9.17, 15) is 4.79 Å². The van der Waals surface area contributed by atoms with Crippen LogP contribution in [0.25, 0.3) is 0 Å². The highest BCUT2D eigenvalue weighted by Crippen LogP contribution is 2.13. The number of unbranched alkanes of at least 4 members (excludes halogenated alkanes) is 6. The van der Waals surface area contributed by atoms with Gasteiger partial charge in [0.05, 0.1) is 5.92 Å². The summed E-state index contributed by atoms with van der Waals surface area (Å²) in [5.74, 6) is -1.09. The molecular formula is C13H24O2. The van der Waals surface area contributed by atoms with Crippen molar-refractivity contribution in [2.75, 3.05) is 0 Å². The Balaban J connectivity index is 3.29. The van der Waals surface area contributed by atoms with E-state index < -0.39 is 5.97 Å². The first-order valence-electron chi connectivity index (χ1n) is 6.07. The Morgan fingerprint density at radius 3 is 2.20 bits per heavy atom. The van der Waals surface area contributed by atoms with Crippen LogP contribution in [0.5, 0.6) is 0 Å². The predicted octanol–water partition coefficient (Wildman–Crippen LogP) is 4.01. The first-order chi connectivity index (χ1) is 7.22. The molecule has 0 amide bonds. The minimum Gasteiger partial charge on any atom is -0.481 e. The maximum atomic E-state index is 10.7. The van der Waals surface area contributed by atoms with Crippen molar-refractivity contribution < 1.29 is 9.90 Å². The lowest BCUT2D eigenvalue weighted by Gasteiger charge is -2.06. The normalized spacial score (nSPS) is 12.3. The molecule has 0 saturated carbocycles. The van der Waals surface area contributed by atoms with Crippen LogP contribution >= 0.6 is 0 Å². The van der Waals surface area contributed by atoms with Crippen molar-refractivity contribution >= 4 is 5.97 Å². The van der Waals surface area contributed by atoms with Crippen LogP contribution in [0.2, 0.25) is 0 Å². The monoisotopic (exact) mass is 212 g/mol. The molecule has 0 aromatic carbocycles. The maximum absolute atomic E-state index is 10.7. The number of carbonyl (C=O) groups is 1. The molecule has 0 fully saturated rings. The largest absolute Gasteiger partial charge is 0.481 e. The third kappa shape index (κ3) is 8.22. The number of carboxylic acid groups (broad SMARTS) is 1. The van der Waals surface area contributed by atoms with E-state index in [-0.39, 0.29) is 5.92 Å². The lowest BCUT2D eigenvalue weighted by atomic mass is 10.0. The van der Waals surface area contributed by atoms with Gasteiger partial charge in [0.2, 0.25) is 0 Å². The quantitative estimate of drug-likeness (QED) is 0.439. The van der Waals surface area contributed by atoms with Crippen molar-refractivity contribution in [2.45, 2.75) is 58.3 Å². The fourth-order valence-electron chi connectivity index (χ4n) is 1.66. The first-order valence-corrected chi connectivity index (χ1v) is 6.07. The number of carboxylic acids is 1. The van der Waals surface area contributed by atoms with Gasteiger partial charge < -0.3 is 5.11 Å². The van der Waals surface area contributed by atoms with E-state index in [1.54, 1.807) is 6.08 Å². The van der Waals surface area contributed by atoms with E-state index in [1.165, 1.54) is 32.1 Å². The first kappa shape index (κ1) is 14.2. The van der Waals surface area contributed by atoms with E-state index in [0.717, 1.165) is 19.3 Å². The van der Waals surface area contributed by atoms with Crippen LogP contribution < -0.4 is 0 Å². The molecule has 1 N–H and O–H groups in total. The SMILES string of the molecule is C=CC(CCCCCCCCC)C(=O)O. The highest BCUT2D eigenvalue weighted by atomic mass is 16.4. The van der Waals surface area contributed by atoms with Gasteiger partial charge in [0.15, 0.2) is 0 Å². The average Bonchev–Trinajstić information content (AvgIpc) is 2.21. The Morgan fingerprint density at radius 1 is 1.20 bits per heavy atom. The Morgan fingerprint density at radius 2 is 1.73 bits per heavy atom. The lowest BCUT2D eigenvalue weighted by molar-refractivity contribution is -0.140. The van der Waals surface area contributed by atoms with Crippen molar-refractivity contribution in [2.24, 2.45) is 5.92 Å². The Labute approximate surface area is 93.4 Å². The van der Waals surface area contributed by atoms with Gasteiger partial charge in [-0.15, -0.1) is 6.58 Å². The van der Waals surface area contributed by atoms with Crippen LogP contribution in [0.15, 0.2) is 12.7 Å². The molecule has 88 valence electrons. The number of hydrogen-bond donors (Lipinski definition) is 1. The summed E-state index contributed by atoms with van der Waals surface area (Å²) in [6.45, 7) is 5.75. The van der Waals surface area contributed by atoms with Gasteiger partial charge in [-0.05, 0) is 6.42 Å². The van der Waals surface area contributed by atoms with Gasteiger partial charge in [-0.1, -0.05) is 57.9 Å². The molecule has 0 aliphatic heterocycles. The minimum atomic E-state index is -0.740. The van der Waals surface area contributed by atoms with Crippen LogP contribution in [0.4, 0.5) is 0 Å². The average molecular weight is 212 g/mol. The number of aliphatic carboxylic acids is 1. The summed E-state index contributed by atoms with van der Waals surface area (Å²) < 4.78 is 0. The zero-order valence-electron chi connectivity index (χ0n) is 9.87. The minimum absolute atomic E-state index is 0.347. The molecule has 1 atom stereocenters. The highest BCUT2D eigenvalue weighted by molar-refractivity contribution is 5.71. The Kier molecular flexibility index (Phi) is 9.24. The molecule has 0 bridgehead atoms. The van der Waals surface area contributed by atoms with E-state index in [1.807, 2.05) is 0 Å². The fourth-order valence-corrected chi connectivity index (χ4v) is 1.66. The van der Waals surface area contributed by atoms with E-state index in [4.69, 9.17) is 5.11 Å². The van der Waals surface area contributed by atoms with Crippen molar-refractivity contribution in [3.63, 3.8) is 0 Å². The molecule has 2 heteroatoms. The van der Waals surface area contributed by atoms with Crippen LogP contribution in [-0.4, -0.2) is 11.1 Å². The van der Waals surface area contributed by atoms with Gasteiger partial charge in [-0.3, -0.25) is 4.79 Å². The molecule has 0 aromatic heterocycles. The standard InChI is InChI=1S/C13H24O2/c1-3-5-6-7-8-9-10-11-12(4-2)13(14)15/h4,12H,2-3,5-11H2,1H3,(H,14,15). The summed E-state index contributed by atoms with van der Waals surface area (Å²) in [6, 6.07) is 0. The second-order valence-corrected chi connectivity index (χ2v) is 4.09. The van der Waals surface area contributed by atoms with E-state index >= 15 is 0 Å². The molecule has 2 nitrogen and oxygen atoms in total. The third-order valence-electron chi connectivity index (χ3n) is 2.72. The predicted molar refractivity (Wildman–Crippen MR) is 63.9 cm³/mol. The van der Waals surface area contributed by atoms with Gasteiger partial charge in [-0.25, -0.2) is 0 Å². The van der Waals surface area contributed by atoms with Gasteiger partial charge >= 0.3 is 5.97 Å². The van der Waals surface area contributed by atoms with E-state index in [0.29, 0.717) is 0 Å². The molecule has 0 spiro atoms. The van der Waals surface area contributed by atoms with Crippen LogP contribution in [-0.2, 0) is 4.79 Å². The fraction of sp³-hybridized carbons (Fsp3) is 0.769. The lowest BCUT2D eigenvalue weighted by Crippen LogP contribution is -2.10. The summed E-state index contributed by atoms with van der Waals surface area (Å²) in [7, 11) is 0. The van der Waals surface area contributed by atoms with Crippen molar-refractivity contribution in [1.82, 2.24) is 0 Å². The molecule has 0 saturated heterocycles. The molecular weight excluding hydrogens is 188 g/mol. The molecule has 0 radical (unpaired) electrons. The number of hydrogen-bond acceptors (Lipinski definition) is 1. The van der Waals surface area contributed by atoms with Crippen LogP contribution in [0, 0.1) is 5.92 Å². The summed E-state index contributed by atoms with van der Waals surface area (Å²) in [5.41, 5.74) is 0. The molecule has 0 aromatic rings. The van der Waals surface area contributed by atoms with Gasteiger partial charge in [0.1, 0.15) is 0 Å². The van der Waals surface area contributed by atoms with Crippen molar-refractivity contribution in [3.8, 4) is 0 Å². The van der Waals surface area contributed by atoms with Gasteiger partial charge in [0.25, 0.3) is 0 Å². The Hall–Kier alpha value is -0.790. The summed E-state index contributed by atoms with van der Waals surface area (Å²) >= 11 is 0. The molecule has 0 aliphatic rings. The van der Waals surface area contributed by atoms with Crippen molar-refractivity contribution in [1.29, 1.82) is 0 Å². The smallest absolute Gasteiger partial charge is 0.310 e.